The van der Waals surface area contributed by atoms with Crippen molar-refractivity contribution in [3.63, 3.8) is 0 Å². The second-order valence-corrected chi connectivity index (χ2v) is 3.66. The number of carbonyl (C=O) groups is 4. The van der Waals surface area contributed by atoms with Crippen LogP contribution in [0.2, 0.25) is 0 Å². The number of carbonyl (C=O) groups excluding carboxylic acids is 4. The summed E-state index contributed by atoms with van der Waals surface area (Å²) in [7, 11) is 0. The van der Waals surface area contributed by atoms with Crippen LogP contribution < -0.4 is 10.6 Å². The molecule has 0 saturated carbocycles. The summed E-state index contributed by atoms with van der Waals surface area (Å²) in [6.07, 6.45) is 2.38. The standard InChI is InChI=1S/C11H18N2O4/c1-9(15)8-13-11(17)5-3-2-4-10(16)12-6-7-14/h7H,2-6,8H2,1H3,(H,12,16)(H,13,17). The molecule has 2 N–H and O–H groups in total. The lowest BCUT2D eigenvalue weighted by molar-refractivity contribution is -0.124. The summed E-state index contributed by atoms with van der Waals surface area (Å²) in [6.45, 7) is 1.48. The Morgan fingerprint density at radius 1 is 1.00 bits per heavy atom. The molecule has 0 aromatic heterocycles. The van der Waals surface area contributed by atoms with Crippen molar-refractivity contribution in [2.45, 2.75) is 32.6 Å². The van der Waals surface area contributed by atoms with Crippen molar-refractivity contribution >= 4 is 23.9 Å². The Kier molecular flexibility index (Phi) is 8.54. The fourth-order valence-electron chi connectivity index (χ4n) is 1.13. The second-order valence-electron chi connectivity index (χ2n) is 3.66. The number of hydrogen-bond donors (Lipinski definition) is 2. The zero-order valence-corrected chi connectivity index (χ0v) is 9.95. The lowest BCUT2D eigenvalue weighted by atomic mass is 10.2. The highest BCUT2D eigenvalue weighted by atomic mass is 16.2. The highest BCUT2D eigenvalue weighted by Crippen LogP contribution is 1.99. The van der Waals surface area contributed by atoms with Crippen LogP contribution in [-0.2, 0) is 19.2 Å². The van der Waals surface area contributed by atoms with Crippen molar-refractivity contribution in [2.75, 3.05) is 13.1 Å². The summed E-state index contributed by atoms with van der Waals surface area (Å²) < 4.78 is 0. The summed E-state index contributed by atoms with van der Waals surface area (Å²) >= 11 is 0. The van der Waals surface area contributed by atoms with Gasteiger partial charge in [-0.1, -0.05) is 0 Å². The molecular formula is C11H18N2O4. The van der Waals surface area contributed by atoms with E-state index in [2.05, 4.69) is 10.6 Å². The van der Waals surface area contributed by atoms with E-state index in [1.165, 1.54) is 6.92 Å². The van der Waals surface area contributed by atoms with Gasteiger partial charge in [-0.05, 0) is 19.8 Å². The predicted molar refractivity (Wildman–Crippen MR) is 61.2 cm³/mol. The summed E-state index contributed by atoms with van der Waals surface area (Å²) in [6, 6.07) is 0. The molecule has 0 aromatic carbocycles. The normalized spacial score (nSPS) is 9.47. The van der Waals surface area contributed by atoms with Gasteiger partial charge < -0.3 is 15.4 Å². The molecular weight excluding hydrogens is 224 g/mol. The summed E-state index contributed by atoms with van der Waals surface area (Å²) in [5.74, 6) is -0.471. The first kappa shape index (κ1) is 15.3. The Morgan fingerprint density at radius 3 is 2.00 bits per heavy atom. The van der Waals surface area contributed by atoms with Gasteiger partial charge in [-0.2, -0.15) is 0 Å². The number of ketones is 1. The third-order valence-electron chi connectivity index (χ3n) is 1.97. The minimum atomic E-state index is -0.193. The molecule has 2 amide bonds. The fourth-order valence-corrected chi connectivity index (χ4v) is 1.13. The van der Waals surface area contributed by atoms with E-state index in [1.807, 2.05) is 0 Å². The van der Waals surface area contributed by atoms with E-state index in [9.17, 15) is 19.2 Å². The SMILES string of the molecule is CC(=O)CNC(=O)CCCCC(=O)NCC=O. The Morgan fingerprint density at radius 2 is 1.53 bits per heavy atom. The average Bonchev–Trinajstić information content (AvgIpc) is 2.29. The molecule has 0 aliphatic rings. The quantitative estimate of drug-likeness (QED) is 0.424. The molecule has 0 aliphatic carbocycles. The van der Waals surface area contributed by atoms with Crippen LogP contribution in [0.5, 0.6) is 0 Å². The van der Waals surface area contributed by atoms with Crippen molar-refractivity contribution in [1.29, 1.82) is 0 Å². The van der Waals surface area contributed by atoms with E-state index in [-0.39, 0.29) is 30.7 Å². The molecule has 0 bridgehead atoms. The summed E-state index contributed by atoms with van der Waals surface area (Å²) in [5, 5.41) is 4.88. The first-order valence-electron chi connectivity index (χ1n) is 5.52. The second kappa shape index (κ2) is 9.50. The molecule has 0 aromatic rings. The Balaban J connectivity index is 3.44. The van der Waals surface area contributed by atoms with Gasteiger partial charge in [0.1, 0.15) is 12.1 Å². The number of rotatable bonds is 9. The van der Waals surface area contributed by atoms with Gasteiger partial charge in [0.15, 0.2) is 0 Å². The van der Waals surface area contributed by atoms with Crippen LogP contribution in [0.1, 0.15) is 32.6 Å². The molecule has 96 valence electrons. The molecule has 0 saturated heterocycles. The third kappa shape index (κ3) is 10.6. The Hall–Kier alpha value is -1.72. The van der Waals surface area contributed by atoms with Gasteiger partial charge in [0.2, 0.25) is 11.8 Å². The van der Waals surface area contributed by atoms with Crippen molar-refractivity contribution < 1.29 is 19.2 Å². The highest BCUT2D eigenvalue weighted by molar-refractivity contribution is 5.84. The predicted octanol–water partition coefficient (Wildman–Crippen LogP) is -0.433. The van der Waals surface area contributed by atoms with Crippen LogP contribution in [0.4, 0.5) is 0 Å². The number of aldehydes is 1. The molecule has 0 fully saturated rings. The third-order valence-corrected chi connectivity index (χ3v) is 1.97. The van der Waals surface area contributed by atoms with Crippen LogP contribution in [-0.4, -0.2) is 37.0 Å². The minimum Gasteiger partial charge on any atom is -0.349 e. The van der Waals surface area contributed by atoms with Gasteiger partial charge in [0, 0.05) is 12.8 Å². The number of nitrogens with one attached hydrogen (secondary N) is 2. The number of amides is 2. The molecule has 0 heterocycles. The van der Waals surface area contributed by atoms with Gasteiger partial charge in [-0.15, -0.1) is 0 Å². The maximum absolute atomic E-state index is 11.2. The molecule has 0 spiro atoms. The van der Waals surface area contributed by atoms with Gasteiger partial charge in [-0.25, -0.2) is 0 Å². The molecule has 0 aliphatic heterocycles. The van der Waals surface area contributed by atoms with Gasteiger partial charge in [0.05, 0.1) is 13.1 Å². The van der Waals surface area contributed by atoms with Crippen molar-refractivity contribution in [1.82, 2.24) is 10.6 Å². The Labute approximate surface area is 100 Å². The Bertz CT molecular complexity index is 289. The van der Waals surface area contributed by atoms with E-state index >= 15 is 0 Å². The maximum atomic E-state index is 11.2. The number of Topliss-reactive ketones (excluding diaryl/α,β-unsaturated/α-hetero) is 1. The van der Waals surface area contributed by atoms with Crippen LogP contribution in [0.3, 0.4) is 0 Å². The van der Waals surface area contributed by atoms with E-state index in [4.69, 9.17) is 0 Å². The molecule has 6 nitrogen and oxygen atoms in total. The van der Waals surface area contributed by atoms with Gasteiger partial charge >= 0.3 is 0 Å². The van der Waals surface area contributed by atoms with Crippen LogP contribution >= 0.6 is 0 Å². The van der Waals surface area contributed by atoms with Crippen molar-refractivity contribution in [3.05, 3.63) is 0 Å². The number of hydrogen-bond acceptors (Lipinski definition) is 4. The molecule has 0 radical (unpaired) electrons. The zero-order valence-electron chi connectivity index (χ0n) is 9.95. The van der Waals surface area contributed by atoms with E-state index in [1.54, 1.807) is 0 Å². The highest BCUT2D eigenvalue weighted by Gasteiger charge is 2.04. The molecule has 0 rings (SSSR count). The van der Waals surface area contributed by atoms with E-state index < -0.39 is 0 Å². The topological polar surface area (TPSA) is 92.3 Å². The van der Waals surface area contributed by atoms with Gasteiger partial charge in [-0.3, -0.25) is 14.4 Å². The average molecular weight is 242 g/mol. The van der Waals surface area contributed by atoms with Crippen molar-refractivity contribution in [3.8, 4) is 0 Å². The molecule has 0 unspecified atom stereocenters. The van der Waals surface area contributed by atoms with E-state index in [0.717, 1.165) is 0 Å². The van der Waals surface area contributed by atoms with Crippen LogP contribution in [0.15, 0.2) is 0 Å². The summed E-state index contributed by atoms with van der Waals surface area (Å²) in [5.41, 5.74) is 0. The zero-order chi connectivity index (χ0) is 13.1. The minimum absolute atomic E-state index is 0.0257. The van der Waals surface area contributed by atoms with Gasteiger partial charge in [0.25, 0.3) is 0 Å². The molecule has 0 atom stereocenters. The number of unbranched alkanes of at least 4 members (excludes halogenated alkanes) is 1. The summed E-state index contributed by atoms with van der Waals surface area (Å²) in [4.78, 5) is 42.7. The van der Waals surface area contributed by atoms with Crippen molar-refractivity contribution in [2.24, 2.45) is 0 Å². The lowest BCUT2D eigenvalue weighted by Crippen LogP contribution is -2.28. The molecule has 6 heteroatoms. The van der Waals surface area contributed by atoms with Crippen LogP contribution in [0.25, 0.3) is 0 Å². The first-order valence-corrected chi connectivity index (χ1v) is 5.52. The maximum Gasteiger partial charge on any atom is 0.220 e. The van der Waals surface area contributed by atoms with E-state index in [0.29, 0.717) is 32.0 Å². The smallest absolute Gasteiger partial charge is 0.220 e. The lowest BCUT2D eigenvalue weighted by Gasteiger charge is -2.03. The fraction of sp³-hybridized carbons (Fsp3) is 0.636. The van der Waals surface area contributed by atoms with Crippen LogP contribution in [0, 0.1) is 0 Å². The largest absolute Gasteiger partial charge is 0.349 e. The first-order chi connectivity index (χ1) is 8.06. The molecule has 17 heavy (non-hydrogen) atoms. The monoisotopic (exact) mass is 242 g/mol.